The highest BCUT2D eigenvalue weighted by Gasteiger charge is 2.35. The molecular formula is C12H23ClN2O3S. The maximum atomic E-state index is 12.6. The molecule has 0 radical (unpaired) electrons. The van der Waals surface area contributed by atoms with Crippen LogP contribution in [-0.4, -0.2) is 61.8 Å². The Morgan fingerprint density at radius 1 is 1.32 bits per heavy atom. The summed E-state index contributed by atoms with van der Waals surface area (Å²) in [5.74, 6) is 0.368. The Bertz CT molecular complexity index is 384. The van der Waals surface area contributed by atoms with Crippen molar-refractivity contribution in [2.45, 2.75) is 44.2 Å². The molecule has 0 aromatic heterocycles. The normalized spacial score (nSPS) is 30.1. The van der Waals surface area contributed by atoms with E-state index in [0.29, 0.717) is 19.0 Å². The van der Waals surface area contributed by atoms with Crippen LogP contribution < -0.4 is 0 Å². The second-order valence-electron chi connectivity index (χ2n) is 5.34. The van der Waals surface area contributed by atoms with Gasteiger partial charge in [0.1, 0.15) is 0 Å². The molecular weight excluding hydrogens is 288 g/mol. The molecule has 19 heavy (non-hydrogen) atoms. The fourth-order valence-corrected chi connectivity index (χ4v) is 4.81. The lowest BCUT2D eigenvalue weighted by atomic mass is 10.1. The summed E-state index contributed by atoms with van der Waals surface area (Å²) < 4.78 is 33.7. The predicted molar refractivity (Wildman–Crippen MR) is 75.6 cm³/mol. The van der Waals surface area contributed by atoms with E-state index in [1.807, 2.05) is 0 Å². The van der Waals surface area contributed by atoms with Gasteiger partial charge in [-0.05, 0) is 25.7 Å². The van der Waals surface area contributed by atoms with Crippen molar-refractivity contribution in [2.24, 2.45) is 0 Å². The summed E-state index contributed by atoms with van der Waals surface area (Å²) in [5, 5.41) is 0. The maximum absolute atomic E-state index is 12.6. The number of alkyl halides is 1. The van der Waals surface area contributed by atoms with Crippen LogP contribution in [0.3, 0.4) is 0 Å². The van der Waals surface area contributed by atoms with Gasteiger partial charge in [-0.1, -0.05) is 6.42 Å². The number of piperidine rings is 1. The molecule has 0 saturated carbocycles. The molecule has 2 rings (SSSR count). The Balaban J connectivity index is 2.02. The first-order valence-corrected chi connectivity index (χ1v) is 8.89. The molecule has 2 aliphatic heterocycles. The average molecular weight is 311 g/mol. The third-order valence-electron chi connectivity index (χ3n) is 3.93. The van der Waals surface area contributed by atoms with Crippen molar-refractivity contribution in [3.05, 3.63) is 0 Å². The summed E-state index contributed by atoms with van der Waals surface area (Å²) in [4.78, 5) is 0. The van der Waals surface area contributed by atoms with E-state index in [2.05, 4.69) is 0 Å². The van der Waals surface area contributed by atoms with Gasteiger partial charge in [0.2, 0.25) is 0 Å². The van der Waals surface area contributed by atoms with Crippen LogP contribution in [0.15, 0.2) is 0 Å². The standard InChI is InChI=1S/C12H23ClN2O3S/c1-14(10-12-6-4-8-18-12)19(16,17)15-7-3-2-5-11(15)9-13/h11-12H,2-10H2,1H3. The van der Waals surface area contributed by atoms with Crippen LogP contribution in [0.1, 0.15) is 32.1 Å². The Morgan fingerprint density at radius 2 is 2.11 bits per heavy atom. The van der Waals surface area contributed by atoms with Crippen molar-refractivity contribution < 1.29 is 13.2 Å². The van der Waals surface area contributed by atoms with Gasteiger partial charge in [-0.3, -0.25) is 0 Å². The first-order valence-electron chi connectivity index (χ1n) is 6.96. The van der Waals surface area contributed by atoms with Gasteiger partial charge in [-0.15, -0.1) is 11.6 Å². The third kappa shape index (κ3) is 3.61. The van der Waals surface area contributed by atoms with Crippen molar-refractivity contribution >= 4 is 21.8 Å². The second-order valence-corrected chi connectivity index (χ2v) is 7.63. The summed E-state index contributed by atoms with van der Waals surface area (Å²) in [6.45, 7) is 1.76. The van der Waals surface area contributed by atoms with Gasteiger partial charge < -0.3 is 4.74 Å². The lowest BCUT2D eigenvalue weighted by Gasteiger charge is -2.36. The third-order valence-corrected chi connectivity index (χ3v) is 6.29. The molecule has 5 nitrogen and oxygen atoms in total. The topological polar surface area (TPSA) is 49.9 Å². The van der Waals surface area contributed by atoms with Crippen molar-refractivity contribution in [1.82, 2.24) is 8.61 Å². The summed E-state index contributed by atoms with van der Waals surface area (Å²) in [7, 11) is -1.77. The van der Waals surface area contributed by atoms with Gasteiger partial charge in [0.25, 0.3) is 10.2 Å². The number of nitrogens with zero attached hydrogens (tertiary/aromatic N) is 2. The molecule has 0 spiro atoms. The summed E-state index contributed by atoms with van der Waals surface area (Å²) in [6.07, 6.45) is 4.83. The maximum Gasteiger partial charge on any atom is 0.282 e. The molecule has 0 aromatic rings. The van der Waals surface area contributed by atoms with Crippen LogP contribution in [0.5, 0.6) is 0 Å². The summed E-state index contributed by atoms with van der Waals surface area (Å²) in [6, 6.07) is -0.0626. The van der Waals surface area contributed by atoms with E-state index >= 15 is 0 Å². The molecule has 2 heterocycles. The quantitative estimate of drug-likeness (QED) is 0.722. The number of rotatable bonds is 5. The zero-order valence-electron chi connectivity index (χ0n) is 11.4. The van der Waals surface area contributed by atoms with Crippen LogP contribution in [0, 0.1) is 0 Å². The minimum Gasteiger partial charge on any atom is -0.377 e. The van der Waals surface area contributed by atoms with Crippen LogP contribution >= 0.6 is 11.6 Å². The molecule has 0 aliphatic carbocycles. The highest BCUT2D eigenvalue weighted by atomic mass is 35.5. The van der Waals surface area contributed by atoms with E-state index in [0.717, 1.165) is 38.7 Å². The highest BCUT2D eigenvalue weighted by molar-refractivity contribution is 7.86. The summed E-state index contributed by atoms with van der Waals surface area (Å²) >= 11 is 5.91. The smallest absolute Gasteiger partial charge is 0.282 e. The largest absolute Gasteiger partial charge is 0.377 e. The Hall–Kier alpha value is 0.120. The molecule has 112 valence electrons. The Kier molecular flexibility index (Phi) is 5.48. The van der Waals surface area contributed by atoms with Crippen LogP contribution in [0.4, 0.5) is 0 Å². The molecule has 0 N–H and O–H groups in total. The number of hydrogen-bond acceptors (Lipinski definition) is 3. The minimum absolute atomic E-state index is 0.0408. The molecule has 2 aliphatic rings. The van der Waals surface area contributed by atoms with Crippen LogP contribution in [0.25, 0.3) is 0 Å². The number of likely N-dealkylation sites (N-methyl/N-ethyl adjacent to an activating group) is 1. The average Bonchev–Trinajstić information content (AvgIpc) is 2.91. The van der Waals surface area contributed by atoms with E-state index in [-0.39, 0.29) is 12.1 Å². The van der Waals surface area contributed by atoms with Crippen molar-refractivity contribution in [2.75, 3.05) is 32.6 Å². The summed E-state index contributed by atoms with van der Waals surface area (Å²) in [5.41, 5.74) is 0. The van der Waals surface area contributed by atoms with E-state index in [4.69, 9.17) is 16.3 Å². The Morgan fingerprint density at radius 3 is 2.74 bits per heavy atom. The zero-order valence-corrected chi connectivity index (χ0v) is 13.0. The van der Waals surface area contributed by atoms with Gasteiger partial charge in [-0.2, -0.15) is 17.0 Å². The lowest BCUT2D eigenvalue weighted by Crippen LogP contribution is -2.51. The SMILES string of the molecule is CN(CC1CCCO1)S(=O)(=O)N1CCCCC1CCl. The van der Waals surface area contributed by atoms with Crippen LogP contribution in [-0.2, 0) is 14.9 Å². The van der Waals surface area contributed by atoms with Crippen LogP contribution in [0.2, 0.25) is 0 Å². The van der Waals surface area contributed by atoms with E-state index < -0.39 is 10.2 Å². The first-order chi connectivity index (χ1) is 9.05. The molecule has 0 amide bonds. The Labute approximate surface area is 121 Å². The molecule has 2 unspecified atom stereocenters. The molecule has 2 saturated heterocycles. The van der Waals surface area contributed by atoms with Crippen molar-refractivity contribution in [3.8, 4) is 0 Å². The minimum atomic E-state index is -3.41. The first kappa shape index (κ1) is 15.5. The van der Waals surface area contributed by atoms with Gasteiger partial charge in [0, 0.05) is 38.7 Å². The van der Waals surface area contributed by atoms with Gasteiger partial charge in [0.05, 0.1) is 6.10 Å². The van der Waals surface area contributed by atoms with E-state index in [1.165, 1.54) is 4.31 Å². The number of ether oxygens (including phenoxy) is 1. The molecule has 2 fully saturated rings. The van der Waals surface area contributed by atoms with Gasteiger partial charge in [-0.25, -0.2) is 0 Å². The number of halogens is 1. The molecule has 2 atom stereocenters. The number of hydrogen-bond donors (Lipinski definition) is 0. The monoisotopic (exact) mass is 310 g/mol. The molecule has 0 bridgehead atoms. The van der Waals surface area contributed by atoms with Crippen molar-refractivity contribution in [1.29, 1.82) is 0 Å². The fraction of sp³-hybridized carbons (Fsp3) is 1.00. The zero-order chi connectivity index (χ0) is 13.9. The van der Waals surface area contributed by atoms with Gasteiger partial charge >= 0.3 is 0 Å². The molecule has 7 heteroatoms. The second kappa shape index (κ2) is 6.72. The lowest BCUT2D eigenvalue weighted by molar-refractivity contribution is 0.0956. The van der Waals surface area contributed by atoms with Crippen molar-refractivity contribution in [3.63, 3.8) is 0 Å². The highest BCUT2D eigenvalue weighted by Crippen LogP contribution is 2.24. The van der Waals surface area contributed by atoms with Gasteiger partial charge in [0.15, 0.2) is 0 Å². The molecule has 0 aromatic carbocycles. The van der Waals surface area contributed by atoms with E-state index in [1.54, 1.807) is 11.4 Å². The van der Waals surface area contributed by atoms with E-state index in [9.17, 15) is 8.42 Å². The predicted octanol–water partition coefficient (Wildman–Crippen LogP) is 1.44. The fourth-order valence-electron chi connectivity index (χ4n) is 2.78.